The van der Waals surface area contributed by atoms with Crippen LogP contribution in [0.15, 0.2) is 24.3 Å². The summed E-state index contributed by atoms with van der Waals surface area (Å²) in [6.07, 6.45) is 20.6. The normalized spacial score (nSPS) is 20.5. The van der Waals surface area contributed by atoms with E-state index in [-0.39, 0.29) is 5.97 Å². The molecule has 2 heteroatoms. The van der Waals surface area contributed by atoms with Gasteiger partial charge in [-0.05, 0) is 57.3 Å². The Bertz CT molecular complexity index is 397. The van der Waals surface area contributed by atoms with E-state index in [0.717, 1.165) is 24.7 Å². The van der Waals surface area contributed by atoms with Gasteiger partial charge in [0.05, 0.1) is 6.61 Å². The average molecular weight is 349 g/mol. The van der Waals surface area contributed by atoms with Crippen molar-refractivity contribution in [2.45, 2.75) is 97.3 Å². The van der Waals surface area contributed by atoms with E-state index in [2.05, 4.69) is 13.5 Å². The number of hydrogen-bond donors (Lipinski definition) is 0. The Morgan fingerprint density at radius 3 is 2.56 bits per heavy atom. The molecule has 1 aliphatic rings. The van der Waals surface area contributed by atoms with E-state index in [9.17, 15) is 4.79 Å². The molecule has 0 saturated heterocycles. The van der Waals surface area contributed by atoms with Gasteiger partial charge < -0.3 is 4.74 Å². The summed E-state index contributed by atoms with van der Waals surface area (Å²) in [4.78, 5) is 11.2. The zero-order valence-corrected chi connectivity index (χ0v) is 16.7. The van der Waals surface area contributed by atoms with E-state index < -0.39 is 0 Å². The predicted molar refractivity (Wildman–Crippen MR) is 108 cm³/mol. The van der Waals surface area contributed by atoms with Gasteiger partial charge in [0.2, 0.25) is 0 Å². The van der Waals surface area contributed by atoms with Gasteiger partial charge in [-0.15, -0.1) is 0 Å². The van der Waals surface area contributed by atoms with E-state index >= 15 is 0 Å². The summed E-state index contributed by atoms with van der Waals surface area (Å²) < 4.78 is 4.89. The van der Waals surface area contributed by atoms with Crippen molar-refractivity contribution in [3.63, 3.8) is 0 Å². The van der Waals surface area contributed by atoms with Gasteiger partial charge in [-0.25, -0.2) is 4.79 Å². The van der Waals surface area contributed by atoms with Crippen LogP contribution in [0.4, 0.5) is 0 Å². The van der Waals surface area contributed by atoms with Crippen molar-refractivity contribution in [1.82, 2.24) is 0 Å². The summed E-state index contributed by atoms with van der Waals surface area (Å²) >= 11 is 0. The topological polar surface area (TPSA) is 26.3 Å². The Hall–Kier alpha value is -1.05. The second-order valence-corrected chi connectivity index (χ2v) is 7.56. The summed E-state index contributed by atoms with van der Waals surface area (Å²) in [5, 5.41) is 0. The summed E-state index contributed by atoms with van der Waals surface area (Å²) in [6, 6.07) is 0. The number of carbonyl (C=O) groups excluding carboxylic acids is 1. The van der Waals surface area contributed by atoms with Crippen LogP contribution in [0.2, 0.25) is 0 Å². The molecule has 2 atom stereocenters. The molecule has 0 amide bonds. The van der Waals surface area contributed by atoms with Gasteiger partial charge in [0, 0.05) is 6.08 Å². The Labute approximate surface area is 156 Å². The molecule has 1 fully saturated rings. The molecule has 0 spiro atoms. The minimum Gasteiger partial charge on any atom is -0.463 e. The number of ether oxygens (including phenoxy) is 1. The Kier molecular flexibility index (Phi) is 12.5. The summed E-state index contributed by atoms with van der Waals surface area (Å²) in [5.41, 5.74) is 1.50. The average Bonchev–Trinajstić information content (AvgIpc) is 2.94. The van der Waals surface area contributed by atoms with E-state index in [1.165, 1.54) is 76.2 Å². The maximum atomic E-state index is 11.2. The molecule has 0 bridgehead atoms. The highest BCUT2D eigenvalue weighted by atomic mass is 16.5. The smallest absolute Gasteiger partial charge is 0.330 e. The molecule has 144 valence electrons. The number of rotatable bonds is 14. The van der Waals surface area contributed by atoms with Crippen LogP contribution < -0.4 is 0 Å². The van der Waals surface area contributed by atoms with Crippen LogP contribution in [0.5, 0.6) is 0 Å². The molecule has 0 aromatic heterocycles. The van der Waals surface area contributed by atoms with Crippen LogP contribution in [0.25, 0.3) is 0 Å². The fourth-order valence-corrected chi connectivity index (χ4v) is 4.06. The molecule has 1 aliphatic carbocycles. The number of hydrogen-bond acceptors (Lipinski definition) is 2. The van der Waals surface area contributed by atoms with E-state index in [4.69, 9.17) is 4.74 Å². The standard InChI is InChI=1S/C23H40O2/c1-4-6-7-8-9-12-15-21-19-18-20(3)22(21)16-13-10-11-14-17-23(24)25-5-2/h14,17,21-22H,3-13,15-16,18-19H2,1-2H3/t21-,22-/m0/s1. The third kappa shape index (κ3) is 9.87. The first-order chi connectivity index (χ1) is 12.2. The van der Waals surface area contributed by atoms with Crippen LogP contribution in [-0.4, -0.2) is 12.6 Å². The molecule has 0 unspecified atom stereocenters. The van der Waals surface area contributed by atoms with Crippen molar-refractivity contribution in [3.05, 3.63) is 24.3 Å². The molecule has 0 aromatic rings. The number of esters is 1. The van der Waals surface area contributed by atoms with Gasteiger partial charge in [-0.3, -0.25) is 0 Å². The number of allylic oxidation sites excluding steroid dienone is 2. The molecule has 0 aromatic carbocycles. The predicted octanol–water partition coefficient (Wildman–Crippen LogP) is 7.00. The van der Waals surface area contributed by atoms with Gasteiger partial charge in [0.25, 0.3) is 0 Å². The second kappa shape index (κ2) is 14.2. The van der Waals surface area contributed by atoms with Gasteiger partial charge in [-0.1, -0.05) is 70.1 Å². The van der Waals surface area contributed by atoms with Crippen molar-refractivity contribution in [2.24, 2.45) is 11.8 Å². The SMILES string of the molecule is C=C1CC[C@H](CCCCCCCC)[C@H]1CCCCC=CC(=O)OCC. The lowest BCUT2D eigenvalue weighted by molar-refractivity contribution is -0.137. The first-order valence-electron chi connectivity index (χ1n) is 10.7. The highest BCUT2D eigenvalue weighted by molar-refractivity contribution is 5.81. The number of unbranched alkanes of at least 4 members (excludes halogenated alkanes) is 7. The number of carbonyl (C=O) groups is 1. The zero-order chi connectivity index (χ0) is 18.3. The Morgan fingerprint density at radius 2 is 1.80 bits per heavy atom. The van der Waals surface area contributed by atoms with Gasteiger partial charge in [0.15, 0.2) is 0 Å². The van der Waals surface area contributed by atoms with Crippen LogP contribution in [0.1, 0.15) is 97.3 Å². The Balaban J connectivity index is 2.15. The molecule has 0 N–H and O–H groups in total. The van der Waals surface area contributed by atoms with Crippen LogP contribution >= 0.6 is 0 Å². The summed E-state index contributed by atoms with van der Waals surface area (Å²) in [6.45, 7) is 8.90. The fraction of sp³-hybridized carbons (Fsp3) is 0.783. The summed E-state index contributed by atoms with van der Waals surface area (Å²) in [5.74, 6) is 1.42. The van der Waals surface area contributed by atoms with Crippen molar-refractivity contribution < 1.29 is 9.53 Å². The van der Waals surface area contributed by atoms with E-state index in [0.29, 0.717) is 6.61 Å². The first kappa shape index (κ1) is 22.0. The fourth-order valence-electron chi connectivity index (χ4n) is 4.06. The zero-order valence-electron chi connectivity index (χ0n) is 16.7. The lowest BCUT2D eigenvalue weighted by atomic mass is 9.85. The minimum atomic E-state index is -0.217. The molecular weight excluding hydrogens is 308 g/mol. The third-order valence-corrected chi connectivity index (χ3v) is 5.53. The molecule has 0 aliphatic heterocycles. The van der Waals surface area contributed by atoms with Crippen molar-refractivity contribution in [1.29, 1.82) is 0 Å². The maximum absolute atomic E-state index is 11.2. The summed E-state index contributed by atoms with van der Waals surface area (Å²) in [7, 11) is 0. The van der Waals surface area contributed by atoms with Crippen molar-refractivity contribution >= 4 is 5.97 Å². The first-order valence-corrected chi connectivity index (χ1v) is 10.7. The monoisotopic (exact) mass is 348 g/mol. The quantitative estimate of drug-likeness (QED) is 0.146. The third-order valence-electron chi connectivity index (χ3n) is 5.53. The van der Waals surface area contributed by atoms with Crippen molar-refractivity contribution in [3.8, 4) is 0 Å². The molecule has 1 saturated carbocycles. The van der Waals surface area contributed by atoms with Crippen LogP contribution in [0, 0.1) is 11.8 Å². The van der Waals surface area contributed by atoms with E-state index in [1.54, 1.807) is 6.08 Å². The van der Waals surface area contributed by atoms with Gasteiger partial charge in [0.1, 0.15) is 0 Å². The largest absolute Gasteiger partial charge is 0.463 e. The van der Waals surface area contributed by atoms with E-state index in [1.807, 2.05) is 13.0 Å². The lowest BCUT2D eigenvalue weighted by Crippen LogP contribution is -2.09. The molecule has 0 radical (unpaired) electrons. The van der Waals surface area contributed by atoms with Crippen molar-refractivity contribution in [2.75, 3.05) is 6.61 Å². The van der Waals surface area contributed by atoms with Gasteiger partial charge in [-0.2, -0.15) is 0 Å². The molecule has 1 rings (SSSR count). The van der Waals surface area contributed by atoms with Crippen LogP contribution in [-0.2, 0) is 9.53 Å². The maximum Gasteiger partial charge on any atom is 0.330 e. The van der Waals surface area contributed by atoms with Crippen LogP contribution in [0.3, 0.4) is 0 Å². The minimum absolute atomic E-state index is 0.217. The Morgan fingerprint density at radius 1 is 1.08 bits per heavy atom. The molecule has 25 heavy (non-hydrogen) atoms. The highest BCUT2D eigenvalue weighted by Crippen LogP contribution is 2.41. The second-order valence-electron chi connectivity index (χ2n) is 7.56. The molecule has 0 heterocycles. The molecule has 2 nitrogen and oxygen atoms in total. The highest BCUT2D eigenvalue weighted by Gasteiger charge is 2.28. The van der Waals surface area contributed by atoms with Gasteiger partial charge >= 0.3 is 5.97 Å². The lowest BCUT2D eigenvalue weighted by Gasteiger charge is -2.20. The molecular formula is C23H40O2.